The zero-order valence-corrected chi connectivity index (χ0v) is 34.1. The minimum atomic E-state index is -3.71. The summed E-state index contributed by atoms with van der Waals surface area (Å²) in [4.78, 5) is 0.558. The van der Waals surface area contributed by atoms with Crippen LogP contribution in [-0.2, 0) is 31.0 Å². The van der Waals surface area contributed by atoms with Crippen molar-refractivity contribution in [3.05, 3.63) is 116 Å². The number of rotatable bonds is 5. The molecule has 2 unspecified atom stereocenters. The molecule has 0 amide bonds. The Hall–Kier alpha value is -2.88. The lowest BCUT2D eigenvalue weighted by atomic mass is 9.99. The number of benzene rings is 4. The quantitative estimate of drug-likeness (QED) is 0.217. The van der Waals surface area contributed by atoms with Gasteiger partial charge in [0.05, 0.1) is 31.6 Å². The predicted molar refractivity (Wildman–Crippen MR) is 210 cm³/mol. The van der Waals surface area contributed by atoms with E-state index < -0.39 is 35.8 Å². The molecular formula is C36H40Br2N4O5S3. The molecule has 0 saturated carbocycles. The molecule has 0 radical (unpaired) electrons. The Morgan fingerprint density at radius 2 is 1.22 bits per heavy atom. The van der Waals surface area contributed by atoms with Crippen LogP contribution in [0.2, 0.25) is 0 Å². The summed E-state index contributed by atoms with van der Waals surface area (Å²) in [6.45, 7) is 10.1. The van der Waals surface area contributed by atoms with E-state index in [4.69, 9.17) is 5.73 Å². The van der Waals surface area contributed by atoms with Crippen molar-refractivity contribution in [1.82, 2.24) is 0 Å². The average Bonchev–Trinajstić information content (AvgIpc) is 3.05. The number of sulfonamides is 2. The van der Waals surface area contributed by atoms with Crippen LogP contribution < -0.4 is 14.3 Å². The Kier molecular flexibility index (Phi) is 11.5. The molecule has 2 aliphatic heterocycles. The monoisotopic (exact) mass is 862 g/mol. The number of hydrogen-bond acceptors (Lipinski definition) is 6. The fourth-order valence-electron chi connectivity index (χ4n) is 5.50. The summed E-state index contributed by atoms with van der Waals surface area (Å²) in [6, 6.07) is 24.7. The van der Waals surface area contributed by atoms with E-state index in [0.29, 0.717) is 46.9 Å². The van der Waals surface area contributed by atoms with Crippen LogP contribution >= 0.6 is 31.9 Å². The Morgan fingerprint density at radius 1 is 0.740 bits per heavy atom. The summed E-state index contributed by atoms with van der Waals surface area (Å²) in [5.41, 5.74) is 11.6. The molecule has 2 N–H and O–H groups in total. The van der Waals surface area contributed by atoms with Gasteiger partial charge in [0, 0.05) is 40.1 Å². The SMILES string of the molecule is Cc1ccc(S(=O)(=O)N2CCC(=NS(=O)C(C)(C)C)c3ccc(Br)cc32)cc1.Cc1ccc(S(=O)(=O)N2CCC(N)c3ccc(Br)cc32)cc1. The van der Waals surface area contributed by atoms with Gasteiger partial charge in [0.25, 0.3) is 20.0 Å². The molecule has 0 fully saturated rings. The maximum absolute atomic E-state index is 13.3. The standard InChI is InChI=1S/C20H23BrN2O3S2.C16H17BrN2O2S/c1-14-5-8-16(9-6-14)28(25,26)23-12-11-18(22-27(24)20(2,3)4)17-10-7-15(21)13-19(17)23;1-11-2-5-13(6-3-11)22(20,21)19-9-8-15(18)14-7-4-12(17)10-16(14)19/h5-10,13H,11-12H2,1-4H3;2-7,10,15H,8-9,18H2,1H3. The van der Waals surface area contributed by atoms with Crippen LogP contribution in [0.1, 0.15) is 61.9 Å². The van der Waals surface area contributed by atoms with E-state index in [1.165, 1.54) is 8.61 Å². The zero-order valence-electron chi connectivity index (χ0n) is 28.4. The maximum Gasteiger partial charge on any atom is 0.264 e. The first-order valence-electron chi connectivity index (χ1n) is 15.9. The number of nitrogens with two attached hydrogens (primary N) is 1. The minimum Gasteiger partial charge on any atom is -0.324 e. The third-order valence-electron chi connectivity index (χ3n) is 8.33. The van der Waals surface area contributed by atoms with Crippen LogP contribution in [0.25, 0.3) is 0 Å². The van der Waals surface area contributed by atoms with Gasteiger partial charge in [-0.2, -0.15) is 4.40 Å². The van der Waals surface area contributed by atoms with Gasteiger partial charge in [0.1, 0.15) is 11.0 Å². The molecule has 0 aromatic heterocycles. The van der Waals surface area contributed by atoms with Crippen molar-refractivity contribution in [2.75, 3.05) is 21.7 Å². The molecule has 0 spiro atoms. The first kappa shape index (κ1) is 38.4. The van der Waals surface area contributed by atoms with Crippen LogP contribution in [0.3, 0.4) is 0 Å². The topological polar surface area (TPSA) is 130 Å². The molecule has 4 aromatic carbocycles. The fourth-order valence-corrected chi connectivity index (χ4v) is 9.84. The molecule has 2 aliphatic rings. The number of nitrogens with zero attached hydrogens (tertiary/aromatic N) is 3. The highest BCUT2D eigenvalue weighted by Crippen LogP contribution is 2.38. The van der Waals surface area contributed by atoms with Crippen molar-refractivity contribution < 1.29 is 21.0 Å². The summed E-state index contributed by atoms with van der Waals surface area (Å²) in [6.07, 6.45) is 1.02. The molecule has 266 valence electrons. The van der Waals surface area contributed by atoms with Crippen molar-refractivity contribution in [3.63, 3.8) is 0 Å². The molecule has 50 heavy (non-hydrogen) atoms. The average molecular weight is 865 g/mol. The van der Waals surface area contributed by atoms with Gasteiger partial charge < -0.3 is 5.73 Å². The molecule has 0 saturated heterocycles. The molecule has 14 heteroatoms. The van der Waals surface area contributed by atoms with Crippen molar-refractivity contribution in [2.24, 2.45) is 10.1 Å². The van der Waals surface area contributed by atoms with Gasteiger partial charge >= 0.3 is 0 Å². The maximum atomic E-state index is 13.3. The Labute approximate surface area is 314 Å². The van der Waals surface area contributed by atoms with Gasteiger partial charge in [0.2, 0.25) is 0 Å². The second-order valence-corrected chi connectivity index (χ2v) is 20.7. The normalized spacial score (nSPS) is 17.8. The summed E-state index contributed by atoms with van der Waals surface area (Å²) in [5.74, 6) is 0. The summed E-state index contributed by atoms with van der Waals surface area (Å²) in [5, 5.41) is 0. The van der Waals surface area contributed by atoms with Crippen molar-refractivity contribution in [3.8, 4) is 0 Å². The number of anilines is 2. The van der Waals surface area contributed by atoms with Gasteiger partial charge in [-0.3, -0.25) is 8.61 Å². The highest BCUT2D eigenvalue weighted by molar-refractivity contribution is 9.10. The molecule has 9 nitrogen and oxygen atoms in total. The molecule has 0 bridgehead atoms. The third kappa shape index (κ3) is 8.26. The Morgan fingerprint density at radius 3 is 1.74 bits per heavy atom. The first-order valence-corrected chi connectivity index (χ1v) is 21.5. The lowest BCUT2D eigenvalue weighted by Gasteiger charge is -2.33. The van der Waals surface area contributed by atoms with Crippen molar-refractivity contribution in [2.45, 2.75) is 68.0 Å². The molecule has 0 aliphatic carbocycles. The lowest BCUT2D eigenvalue weighted by Crippen LogP contribution is -2.38. The van der Waals surface area contributed by atoms with E-state index in [9.17, 15) is 21.0 Å². The van der Waals surface area contributed by atoms with E-state index in [0.717, 1.165) is 25.6 Å². The van der Waals surface area contributed by atoms with Gasteiger partial charge in [-0.05, 0) is 101 Å². The second-order valence-electron chi connectivity index (χ2n) is 13.2. The van der Waals surface area contributed by atoms with E-state index in [-0.39, 0.29) is 17.5 Å². The summed E-state index contributed by atoms with van der Waals surface area (Å²) < 4.78 is 73.4. The van der Waals surface area contributed by atoms with Crippen LogP contribution in [-0.4, -0.2) is 44.6 Å². The van der Waals surface area contributed by atoms with Gasteiger partial charge in [0.15, 0.2) is 0 Å². The minimum absolute atomic E-state index is 0.132. The fraction of sp³-hybridized carbons (Fsp3) is 0.306. The van der Waals surface area contributed by atoms with E-state index in [1.807, 2.05) is 77.1 Å². The van der Waals surface area contributed by atoms with Crippen LogP contribution in [0.15, 0.2) is 108 Å². The van der Waals surface area contributed by atoms with Gasteiger partial charge in [-0.15, -0.1) is 0 Å². The van der Waals surface area contributed by atoms with E-state index in [1.54, 1.807) is 42.5 Å². The van der Waals surface area contributed by atoms with E-state index >= 15 is 0 Å². The lowest BCUT2D eigenvalue weighted by molar-refractivity contribution is 0.574. The first-order chi connectivity index (χ1) is 23.4. The van der Waals surface area contributed by atoms with Crippen molar-refractivity contribution >= 4 is 80.0 Å². The summed E-state index contributed by atoms with van der Waals surface area (Å²) >= 11 is 6.84. The summed E-state index contributed by atoms with van der Waals surface area (Å²) in [7, 11) is -8.69. The van der Waals surface area contributed by atoms with Crippen LogP contribution in [0.4, 0.5) is 11.4 Å². The third-order valence-corrected chi connectivity index (χ3v) is 14.4. The largest absolute Gasteiger partial charge is 0.324 e. The highest BCUT2D eigenvalue weighted by Gasteiger charge is 2.34. The Bertz CT molecular complexity index is 2170. The number of hydrogen-bond donors (Lipinski definition) is 1. The highest BCUT2D eigenvalue weighted by atomic mass is 79.9. The molecule has 2 heterocycles. The Balaban J connectivity index is 0.000000200. The van der Waals surface area contributed by atoms with E-state index in [2.05, 4.69) is 36.3 Å². The van der Waals surface area contributed by atoms with Crippen LogP contribution in [0, 0.1) is 13.8 Å². The molecular weight excluding hydrogens is 824 g/mol. The number of halogens is 2. The molecule has 2 atom stereocenters. The van der Waals surface area contributed by atoms with Gasteiger partial charge in [-0.1, -0.05) is 73.3 Å². The predicted octanol–water partition coefficient (Wildman–Crippen LogP) is 7.96. The molecule has 4 aromatic rings. The van der Waals surface area contributed by atoms with Crippen molar-refractivity contribution in [1.29, 1.82) is 0 Å². The second kappa shape index (κ2) is 15.0. The number of fused-ring (bicyclic) bond motifs is 2. The smallest absolute Gasteiger partial charge is 0.264 e. The van der Waals surface area contributed by atoms with Crippen LogP contribution in [0.5, 0.6) is 0 Å². The van der Waals surface area contributed by atoms with Gasteiger partial charge in [-0.25, -0.2) is 21.0 Å². The number of aryl methyl sites for hydroxylation is 2. The molecule has 6 rings (SSSR count). The zero-order chi connectivity index (χ0) is 36.6.